The highest BCUT2D eigenvalue weighted by atomic mass is 127. The van der Waals surface area contributed by atoms with Crippen LogP contribution in [0.15, 0.2) is 18.3 Å². The zero-order valence-electron chi connectivity index (χ0n) is 11.3. The largest absolute Gasteiger partial charge is 0.478 e. The van der Waals surface area contributed by atoms with Crippen molar-refractivity contribution in [3.8, 4) is 5.88 Å². The maximum Gasteiger partial charge on any atom is 0.213 e. The van der Waals surface area contributed by atoms with Crippen LogP contribution in [0.3, 0.4) is 0 Å². The number of aromatic nitrogens is 1. The summed E-state index contributed by atoms with van der Waals surface area (Å²) in [5, 5.41) is 3.35. The molecule has 0 aromatic carbocycles. The van der Waals surface area contributed by atoms with Crippen molar-refractivity contribution in [2.75, 3.05) is 25.4 Å². The lowest BCUT2D eigenvalue weighted by molar-refractivity contribution is 0.293. The van der Waals surface area contributed by atoms with E-state index in [2.05, 4.69) is 45.5 Å². The van der Waals surface area contributed by atoms with Gasteiger partial charge < -0.3 is 10.1 Å². The smallest absolute Gasteiger partial charge is 0.213 e. The molecule has 0 saturated heterocycles. The molecular formula is C14H23IN2OS. The van der Waals surface area contributed by atoms with Crippen LogP contribution in [0.25, 0.3) is 0 Å². The lowest BCUT2D eigenvalue weighted by Gasteiger charge is -2.05. The normalized spacial score (nSPS) is 10.6. The van der Waals surface area contributed by atoms with Crippen LogP contribution in [0.4, 0.5) is 0 Å². The van der Waals surface area contributed by atoms with Crippen LogP contribution in [0.1, 0.15) is 32.1 Å². The predicted octanol–water partition coefficient (Wildman–Crippen LogP) is 3.53. The lowest BCUT2D eigenvalue weighted by atomic mass is 10.1. The molecule has 0 radical (unpaired) electrons. The number of nitrogens with one attached hydrogen (secondary N) is 1. The van der Waals surface area contributed by atoms with Crippen LogP contribution in [-0.2, 0) is 0 Å². The van der Waals surface area contributed by atoms with Crippen molar-refractivity contribution in [1.29, 1.82) is 0 Å². The Morgan fingerprint density at radius 3 is 2.63 bits per heavy atom. The van der Waals surface area contributed by atoms with Gasteiger partial charge in [0.25, 0.3) is 0 Å². The van der Waals surface area contributed by atoms with Crippen LogP contribution in [0.2, 0.25) is 0 Å². The Morgan fingerprint density at radius 1 is 1.11 bits per heavy atom. The summed E-state index contributed by atoms with van der Waals surface area (Å²) in [6.45, 7) is 2.90. The van der Waals surface area contributed by atoms with Crippen molar-refractivity contribution < 1.29 is 4.74 Å². The van der Waals surface area contributed by atoms with Gasteiger partial charge in [-0.25, -0.2) is 4.98 Å². The highest BCUT2D eigenvalue weighted by Crippen LogP contribution is 2.10. The standard InChI is InChI=1S/C14H23IN2OS/c15-13-6-7-14(17-12-13)18-10-5-3-1-2-4-8-16-9-11-19/h6-7,12,16,19H,1-5,8-11H2. The zero-order valence-corrected chi connectivity index (χ0v) is 14.3. The first-order valence-corrected chi connectivity index (χ1v) is 8.60. The molecule has 1 rings (SSSR count). The van der Waals surface area contributed by atoms with E-state index in [1.807, 2.05) is 18.3 Å². The van der Waals surface area contributed by atoms with Crippen LogP contribution in [0, 0.1) is 3.57 Å². The lowest BCUT2D eigenvalue weighted by Crippen LogP contribution is -2.17. The van der Waals surface area contributed by atoms with E-state index in [0.717, 1.165) is 41.3 Å². The number of nitrogens with zero attached hydrogens (tertiary/aromatic N) is 1. The molecule has 108 valence electrons. The molecule has 5 heteroatoms. The number of hydrogen-bond donors (Lipinski definition) is 2. The van der Waals surface area contributed by atoms with Crippen molar-refractivity contribution >= 4 is 35.2 Å². The van der Waals surface area contributed by atoms with Gasteiger partial charge in [0.2, 0.25) is 5.88 Å². The number of pyridine rings is 1. The van der Waals surface area contributed by atoms with Gasteiger partial charge in [-0.05, 0) is 48.0 Å². The molecule has 0 atom stereocenters. The fourth-order valence-corrected chi connectivity index (χ4v) is 2.19. The average Bonchev–Trinajstić information content (AvgIpc) is 2.43. The third kappa shape index (κ3) is 9.51. The predicted molar refractivity (Wildman–Crippen MR) is 92.3 cm³/mol. The third-order valence-corrected chi connectivity index (χ3v) is 3.60. The first kappa shape index (κ1) is 17.0. The first-order valence-electron chi connectivity index (χ1n) is 6.89. The maximum atomic E-state index is 5.59. The number of unbranched alkanes of at least 4 members (excludes halogenated alkanes) is 4. The van der Waals surface area contributed by atoms with E-state index in [4.69, 9.17) is 4.74 Å². The van der Waals surface area contributed by atoms with Gasteiger partial charge >= 0.3 is 0 Å². The van der Waals surface area contributed by atoms with Gasteiger partial charge in [0.1, 0.15) is 0 Å². The van der Waals surface area contributed by atoms with Crippen molar-refractivity contribution in [1.82, 2.24) is 10.3 Å². The minimum Gasteiger partial charge on any atom is -0.478 e. The molecule has 0 bridgehead atoms. The molecule has 1 N–H and O–H groups in total. The quantitative estimate of drug-likeness (QED) is 0.342. The van der Waals surface area contributed by atoms with Crippen molar-refractivity contribution in [2.45, 2.75) is 32.1 Å². The number of ether oxygens (including phenoxy) is 1. The van der Waals surface area contributed by atoms with E-state index >= 15 is 0 Å². The molecule has 19 heavy (non-hydrogen) atoms. The summed E-state index contributed by atoms with van der Waals surface area (Å²) < 4.78 is 6.72. The average molecular weight is 394 g/mol. The summed E-state index contributed by atoms with van der Waals surface area (Å²) in [4.78, 5) is 4.21. The third-order valence-electron chi connectivity index (χ3n) is 2.74. The maximum absolute atomic E-state index is 5.59. The van der Waals surface area contributed by atoms with Gasteiger partial charge in [-0.15, -0.1) is 0 Å². The molecule has 1 aromatic heterocycles. The van der Waals surface area contributed by atoms with E-state index in [9.17, 15) is 0 Å². The minimum absolute atomic E-state index is 0.733. The Bertz CT molecular complexity index is 322. The molecule has 3 nitrogen and oxygen atoms in total. The molecule has 0 fully saturated rings. The molecule has 0 spiro atoms. The first-order chi connectivity index (χ1) is 9.33. The Balaban J connectivity index is 1.87. The Hall–Kier alpha value is -0.0100. The molecular weight excluding hydrogens is 371 g/mol. The van der Waals surface area contributed by atoms with E-state index in [1.54, 1.807) is 0 Å². The van der Waals surface area contributed by atoms with E-state index in [1.165, 1.54) is 25.7 Å². The molecule has 0 amide bonds. The van der Waals surface area contributed by atoms with Crippen molar-refractivity contribution in [2.24, 2.45) is 0 Å². The van der Waals surface area contributed by atoms with Crippen LogP contribution in [0.5, 0.6) is 5.88 Å². The highest BCUT2D eigenvalue weighted by Gasteiger charge is 1.95. The fourth-order valence-electron chi connectivity index (χ4n) is 1.71. The van der Waals surface area contributed by atoms with Gasteiger partial charge in [-0.1, -0.05) is 19.3 Å². The second kappa shape index (κ2) is 11.8. The summed E-state index contributed by atoms with van der Waals surface area (Å²) >= 11 is 6.40. The monoisotopic (exact) mass is 394 g/mol. The Kier molecular flexibility index (Phi) is 10.6. The van der Waals surface area contributed by atoms with E-state index < -0.39 is 0 Å². The van der Waals surface area contributed by atoms with Gasteiger partial charge in [-0.2, -0.15) is 12.6 Å². The minimum atomic E-state index is 0.733. The summed E-state index contributed by atoms with van der Waals surface area (Å²) in [5.41, 5.74) is 0. The van der Waals surface area contributed by atoms with Crippen LogP contribution in [-0.4, -0.2) is 30.4 Å². The highest BCUT2D eigenvalue weighted by molar-refractivity contribution is 14.1. The summed E-state index contributed by atoms with van der Waals surface area (Å²) in [6, 6.07) is 3.94. The summed E-state index contributed by atoms with van der Waals surface area (Å²) in [7, 11) is 0. The number of halogens is 1. The molecule has 0 aliphatic heterocycles. The number of hydrogen-bond acceptors (Lipinski definition) is 4. The fraction of sp³-hybridized carbons (Fsp3) is 0.643. The number of rotatable bonds is 11. The van der Waals surface area contributed by atoms with Crippen molar-refractivity contribution in [3.05, 3.63) is 21.9 Å². The van der Waals surface area contributed by atoms with Gasteiger partial charge in [0.05, 0.1) is 6.61 Å². The summed E-state index contributed by atoms with van der Waals surface area (Å²) in [5.74, 6) is 1.65. The zero-order chi connectivity index (χ0) is 13.8. The van der Waals surface area contributed by atoms with E-state index in [0.29, 0.717) is 0 Å². The molecule has 0 aliphatic carbocycles. The topological polar surface area (TPSA) is 34.1 Å². The molecule has 0 saturated carbocycles. The van der Waals surface area contributed by atoms with Crippen molar-refractivity contribution in [3.63, 3.8) is 0 Å². The molecule has 0 aliphatic rings. The Labute approximate surface area is 135 Å². The number of thiol groups is 1. The molecule has 0 unspecified atom stereocenters. The van der Waals surface area contributed by atoms with Crippen LogP contribution < -0.4 is 10.1 Å². The second-order valence-electron chi connectivity index (χ2n) is 4.40. The molecule has 1 heterocycles. The van der Waals surface area contributed by atoms with Gasteiger partial charge in [-0.3, -0.25) is 0 Å². The van der Waals surface area contributed by atoms with Crippen LogP contribution >= 0.6 is 35.2 Å². The van der Waals surface area contributed by atoms with E-state index in [-0.39, 0.29) is 0 Å². The molecule has 1 aromatic rings. The Morgan fingerprint density at radius 2 is 1.89 bits per heavy atom. The SMILES string of the molecule is SCCNCCCCCCCOc1ccc(I)cn1. The summed E-state index contributed by atoms with van der Waals surface area (Å²) in [6.07, 6.45) is 8.00. The van der Waals surface area contributed by atoms with Gasteiger partial charge in [0, 0.05) is 28.1 Å². The van der Waals surface area contributed by atoms with Gasteiger partial charge in [0.15, 0.2) is 0 Å². The second-order valence-corrected chi connectivity index (χ2v) is 6.10.